The fraction of sp³-hybridized carbons (Fsp3) is 0.385. The molecule has 8 nitrogen and oxygen atoms in total. The molecular weight excluding hydrogens is 436 g/mol. The van der Waals surface area contributed by atoms with Crippen molar-refractivity contribution >= 4 is 34.9 Å². The van der Waals surface area contributed by atoms with Crippen LogP contribution in [0.15, 0.2) is 48.5 Å². The van der Waals surface area contributed by atoms with E-state index in [1.54, 1.807) is 55.6 Å². The minimum Gasteiger partial charge on any atom is -0.497 e. The van der Waals surface area contributed by atoms with E-state index in [1.165, 1.54) is 0 Å². The van der Waals surface area contributed by atoms with Crippen LogP contribution in [0.1, 0.15) is 42.5 Å². The second-order valence-corrected chi connectivity index (χ2v) is 8.81. The fourth-order valence-electron chi connectivity index (χ4n) is 4.71. The third-order valence-corrected chi connectivity index (χ3v) is 6.51. The Morgan fingerprint density at radius 1 is 0.882 bits per heavy atom. The van der Waals surface area contributed by atoms with Gasteiger partial charge in [-0.2, -0.15) is 0 Å². The van der Waals surface area contributed by atoms with Gasteiger partial charge in [0.05, 0.1) is 13.0 Å². The molecule has 0 aliphatic heterocycles. The Bertz CT molecular complexity index is 1050. The SMILES string of the molecule is COc1ccc(NC(=O)c2ccc(NC(=O)COC(=O)C3CC4CCCC(C3)C4=O)cc2)cc1. The quantitative estimate of drug-likeness (QED) is 0.603. The van der Waals surface area contributed by atoms with Gasteiger partial charge in [0.2, 0.25) is 0 Å². The average Bonchev–Trinajstić information content (AvgIpc) is 2.83. The van der Waals surface area contributed by atoms with Crippen molar-refractivity contribution < 1.29 is 28.7 Å². The number of Topliss-reactive ketones (excluding diaryl/α,β-unsaturated/α-hetero) is 1. The molecule has 2 N–H and O–H groups in total. The lowest BCUT2D eigenvalue weighted by Crippen LogP contribution is -2.40. The number of anilines is 2. The van der Waals surface area contributed by atoms with E-state index in [4.69, 9.17) is 9.47 Å². The molecule has 2 aliphatic rings. The number of esters is 1. The maximum atomic E-state index is 12.4. The van der Waals surface area contributed by atoms with E-state index in [2.05, 4.69) is 10.6 Å². The summed E-state index contributed by atoms with van der Waals surface area (Å²) in [5.74, 6) is -0.578. The molecule has 2 fully saturated rings. The Balaban J connectivity index is 1.23. The van der Waals surface area contributed by atoms with Crippen molar-refractivity contribution in [1.82, 2.24) is 0 Å². The van der Waals surface area contributed by atoms with E-state index in [9.17, 15) is 19.2 Å². The van der Waals surface area contributed by atoms with Gasteiger partial charge in [-0.3, -0.25) is 19.2 Å². The molecule has 0 heterocycles. The molecule has 8 heteroatoms. The van der Waals surface area contributed by atoms with Crippen molar-refractivity contribution in [3.8, 4) is 5.75 Å². The summed E-state index contributed by atoms with van der Waals surface area (Å²) in [4.78, 5) is 49.3. The normalized spacial score (nSPS) is 21.3. The van der Waals surface area contributed by atoms with Gasteiger partial charge >= 0.3 is 5.97 Å². The molecule has 2 bridgehead atoms. The van der Waals surface area contributed by atoms with Crippen LogP contribution in [-0.4, -0.2) is 37.3 Å². The topological polar surface area (TPSA) is 111 Å². The number of hydrogen-bond acceptors (Lipinski definition) is 6. The number of ketones is 1. The van der Waals surface area contributed by atoms with Gasteiger partial charge in [0, 0.05) is 28.8 Å². The molecule has 2 saturated carbocycles. The molecule has 4 rings (SSSR count). The Hall–Kier alpha value is -3.68. The first kappa shape index (κ1) is 23.5. The van der Waals surface area contributed by atoms with Crippen molar-refractivity contribution in [2.24, 2.45) is 17.8 Å². The number of fused-ring (bicyclic) bond motifs is 2. The van der Waals surface area contributed by atoms with E-state index < -0.39 is 18.5 Å². The van der Waals surface area contributed by atoms with E-state index in [0.717, 1.165) is 19.3 Å². The van der Waals surface area contributed by atoms with Gasteiger partial charge in [0.1, 0.15) is 11.5 Å². The standard InChI is InChI=1S/C26H28N2O6/c1-33-22-11-9-21(10-12-22)28-25(31)16-5-7-20(8-6-16)27-23(29)15-34-26(32)19-13-17-3-2-4-18(14-19)24(17)30/h5-12,17-19H,2-4,13-15H2,1H3,(H,27,29)(H,28,31). The molecule has 34 heavy (non-hydrogen) atoms. The number of carbonyl (C=O) groups excluding carboxylic acids is 4. The number of amides is 2. The van der Waals surface area contributed by atoms with Crippen LogP contribution in [0.3, 0.4) is 0 Å². The van der Waals surface area contributed by atoms with E-state index in [0.29, 0.717) is 35.5 Å². The summed E-state index contributed by atoms with van der Waals surface area (Å²) >= 11 is 0. The summed E-state index contributed by atoms with van der Waals surface area (Å²) in [5.41, 5.74) is 1.55. The van der Waals surface area contributed by atoms with Crippen LogP contribution in [0.5, 0.6) is 5.75 Å². The Morgan fingerprint density at radius 3 is 2.09 bits per heavy atom. The van der Waals surface area contributed by atoms with Gasteiger partial charge in [0.25, 0.3) is 11.8 Å². The smallest absolute Gasteiger partial charge is 0.309 e. The zero-order valence-corrected chi connectivity index (χ0v) is 19.0. The van der Waals surface area contributed by atoms with Gasteiger partial charge in [-0.25, -0.2) is 0 Å². The number of hydrogen-bond donors (Lipinski definition) is 2. The fourth-order valence-corrected chi connectivity index (χ4v) is 4.71. The largest absolute Gasteiger partial charge is 0.497 e. The van der Waals surface area contributed by atoms with Crippen molar-refractivity contribution in [3.63, 3.8) is 0 Å². The third kappa shape index (κ3) is 5.62. The van der Waals surface area contributed by atoms with Gasteiger partial charge in [-0.05, 0) is 74.2 Å². The van der Waals surface area contributed by atoms with Crippen LogP contribution in [0.25, 0.3) is 0 Å². The highest BCUT2D eigenvalue weighted by atomic mass is 16.5. The molecule has 2 aliphatic carbocycles. The monoisotopic (exact) mass is 464 g/mol. The predicted octanol–water partition coefficient (Wildman–Crippen LogP) is 3.82. The molecule has 0 saturated heterocycles. The molecule has 2 aromatic carbocycles. The van der Waals surface area contributed by atoms with Crippen LogP contribution < -0.4 is 15.4 Å². The van der Waals surface area contributed by atoms with Crippen LogP contribution in [0.4, 0.5) is 11.4 Å². The molecular formula is C26H28N2O6. The first-order chi connectivity index (χ1) is 16.4. The van der Waals surface area contributed by atoms with Crippen LogP contribution in [-0.2, 0) is 19.1 Å². The number of carbonyl (C=O) groups is 4. The zero-order chi connectivity index (χ0) is 24.1. The lowest BCUT2D eigenvalue weighted by molar-refractivity contribution is -0.155. The van der Waals surface area contributed by atoms with Crippen molar-refractivity contribution in [2.75, 3.05) is 24.4 Å². The molecule has 2 aromatic rings. The van der Waals surface area contributed by atoms with Crippen LogP contribution in [0, 0.1) is 17.8 Å². The maximum absolute atomic E-state index is 12.4. The van der Waals surface area contributed by atoms with Crippen molar-refractivity contribution in [2.45, 2.75) is 32.1 Å². The van der Waals surface area contributed by atoms with Gasteiger partial charge < -0.3 is 20.1 Å². The third-order valence-electron chi connectivity index (χ3n) is 6.51. The number of rotatable bonds is 7. The Kier molecular flexibility index (Phi) is 7.25. The molecule has 0 spiro atoms. The first-order valence-corrected chi connectivity index (χ1v) is 11.5. The minimum atomic E-state index is -0.462. The Morgan fingerprint density at radius 2 is 1.47 bits per heavy atom. The summed E-state index contributed by atoms with van der Waals surface area (Å²) < 4.78 is 10.3. The van der Waals surface area contributed by atoms with Crippen LogP contribution in [0.2, 0.25) is 0 Å². The summed E-state index contributed by atoms with van der Waals surface area (Å²) in [6.07, 6.45) is 3.76. The lowest BCUT2D eigenvalue weighted by Gasteiger charge is -2.36. The minimum absolute atomic E-state index is 0.0423. The van der Waals surface area contributed by atoms with E-state index in [-0.39, 0.29) is 29.4 Å². The van der Waals surface area contributed by atoms with Crippen molar-refractivity contribution in [3.05, 3.63) is 54.1 Å². The molecule has 2 amide bonds. The number of benzene rings is 2. The van der Waals surface area contributed by atoms with E-state index >= 15 is 0 Å². The number of nitrogens with one attached hydrogen (secondary N) is 2. The second-order valence-electron chi connectivity index (χ2n) is 8.81. The average molecular weight is 465 g/mol. The summed E-state index contributed by atoms with van der Waals surface area (Å²) in [6.45, 7) is -0.391. The zero-order valence-electron chi connectivity index (χ0n) is 19.0. The summed E-state index contributed by atoms with van der Waals surface area (Å²) in [6, 6.07) is 13.4. The van der Waals surface area contributed by atoms with E-state index in [1.807, 2.05) is 0 Å². The highest BCUT2D eigenvalue weighted by molar-refractivity contribution is 6.04. The number of methoxy groups -OCH3 is 1. The predicted molar refractivity (Wildman–Crippen MR) is 126 cm³/mol. The summed E-state index contributed by atoms with van der Waals surface area (Å²) in [7, 11) is 1.57. The molecule has 0 radical (unpaired) electrons. The molecule has 178 valence electrons. The lowest BCUT2D eigenvalue weighted by atomic mass is 9.67. The summed E-state index contributed by atoms with van der Waals surface area (Å²) in [5, 5.41) is 5.45. The Labute approximate surface area is 198 Å². The molecule has 2 atom stereocenters. The molecule has 0 aromatic heterocycles. The maximum Gasteiger partial charge on any atom is 0.309 e. The first-order valence-electron chi connectivity index (χ1n) is 11.5. The van der Waals surface area contributed by atoms with Gasteiger partial charge in [-0.1, -0.05) is 6.42 Å². The highest BCUT2D eigenvalue weighted by Gasteiger charge is 2.41. The second kappa shape index (κ2) is 10.5. The van der Waals surface area contributed by atoms with Gasteiger partial charge in [0.15, 0.2) is 6.61 Å². The van der Waals surface area contributed by atoms with Crippen molar-refractivity contribution in [1.29, 1.82) is 0 Å². The number of ether oxygens (including phenoxy) is 2. The van der Waals surface area contributed by atoms with Gasteiger partial charge in [-0.15, -0.1) is 0 Å². The van der Waals surface area contributed by atoms with Crippen LogP contribution >= 0.6 is 0 Å². The highest BCUT2D eigenvalue weighted by Crippen LogP contribution is 2.40. The molecule has 2 unspecified atom stereocenters.